The van der Waals surface area contributed by atoms with E-state index in [0.717, 1.165) is 13.1 Å². The van der Waals surface area contributed by atoms with Crippen molar-refractivity contribution < 1.29 is 0 Å². The van der Waals surface area contributed by atoms with Gasteiger partial charge < -0.3 is 0 Å². The Bertz CT molecular complexity index is 327. The normalized spacial score (nSPS) is 18.6. The molecule has 0 amide bonds. The molecule has 0 aliphatic carbocycles. The Hall–Kier alpha value is -0.400. The van der Waals surface area contributed by atoms with Crippen molar-refractivity contribution in [2.24, 2.45) is 0 Å². The van der Waals surface area contributed by atoms with Gasteiger partial charge in [-0.15, -0.1) is 0 Å². The van der Waals surface area contributed by atoms with Crippen LogP contribution in [0.25, 0.3) is 0 Å². The van der Waals surface area contributed by atoms with Gasteiger partial charge in [-0.2, -0.15) is 17.0 Å². The molecule has 0 spiro atoms. The van der Waals surface area contributed by atoms with Gasteiger partial charge in [0.15, 0.2) is 0 Å². The van der Waals surface area contributed by atoms with Crippen LogP contribution in [0.1, 0.15) is 0 Å². The summed E-state index contributed by atoms with van der Waals surface area (Å²) in [4.78, 5) is 2.44. The van der Waals surface area contributed by atoms with Crippen molar-refractivity contribution in [2.75, 3.05) is 31.1 Å². The first-order valence-corrected chi connectivity index (χ1v) is 6.20. The number of thioether (sulfide) groups is 1. The van der Waals surface area contributed by atoms with E-state index in [1.807, 2.05) is 11.8 Å². The largest absolute Gasteiger partial charge is 0.300 e. The topological polar surface area (TPSA) is 49.7 Å². The highest BCUT2D eigenvalue weighted by Crippen LogP contribution is 2.08. The Morgan fingerprint density at radius 2 is 2.14 bits per heavy atom. The molecule has 0 bridgehead atoms. The Morgan fingerprint density at radius 3 is 2.79 bits per heavy atom. The van der Waals surface area contributed by atoms with Crippen LogP contribution in [0.3, 0.4) is 0 Å². The van der Waals surface area contributed by atoms with Crippen LogP contribution in [-0.2, 0) is 6.54 Å². The fourth-order valence-electron chi connectivity index (χ4n) is 1.43. The lowest BCUT2D eigenvalue weighted by Crippen LogP contribution is -2.35. The van der Waals surface area contributed by atoms with E-state index in [-0.39, 0.29) is 0 Å². The second-order valence-electron chi connectivity index (χ2n) is 3.19. The number of hydrogen-bond donors (Lipinski definition) is 1. The van der Waals surface area contributed by atoms with Crippen molar-refractivity contribution in [2.45, 2.75) is 6.54 Å². The summed E-state index contributed by atoms with van der Waals surface area (Å²) >= 11 is 7.01. The quantitative estimate of drug-likeness (QED) is 0.762. The molecule has 7 heteroatoms. The number of hydrogen-bond acceptors (Lipinski definition) is 5. The van der Waals surface area contributed by atoms with E-state index in [2.05, 4.69) is 20.4 Å². The molecule has 1 N–H and O–H groups in total. The third-order valence-corrected chi connectivity index (χ3v) is 3.52. The van der Waals surface area contributed by atoms with Crippen LogP contribution in [0.2, 0.25) is 0 Å². The zero-order chi connectivity index (χ0) is 9.80. The Labute approximate surface area is 91.8 Å². The molecule has 0 saturated carbocycles. The molecule has 2 heterocycles. The fourth-order valence-corrected chi connectivity index (χ4v) is 2.58. The molecule has 0 unspecified atom stereocenters. The van der Waals surface area contributed by atoms with Gasteiger partial charge in [0.1, 0.15) is 0 Å². The van der Waals surface area contributed by atoms with Gasteiger partial charge in [0.2, 0.25) is 4.77 Å². The smallest absolute Gasteiger partial charge is 0.238 e. The number of nitrogens with zero attached hydrogens (tertiary/aromatic N) is 4. The first-order valence-electron chi connectivity index (χ1n) is 4.64. The summed E-state index contributed by atoms with van der Waals surface area (Å²) in [6.45, 7) is 4.24. The van der Waals surface area contributed by atoms with Crippen LogP contribution in [0.5, 0.6) is 0 Å². The van der Waals surface area contributed by atoms with Gasteiger partial charge in [0.05, 0.1) is 6.54 Å². The molecule has 1 fully saturated rings. The second-order valence-corrected chi connectivity index (χ2v) is 4.78. The first-order chi connectivity index (χ1) is 6.86. The third-order valence-electron chi connectivity index (χ3n) is 2.28. The minimum absolute atomic E-state index is 0.538. The Morgan fingerprint density at radius 1 is 1.36 bits per heavy atom. The van der Waals surface area contributed by atoms with Crippen LogP contribution in [0.15, 0.2) is 0 Å². The number of rotatable bonds is 3. The van der Waals surface area contributed by atoms with Crippen LogP contribution >= 0.6 is 24.0 Å². The lowest BCUT2D eigenvalue weighted by molar-refractivity contribution is 0.282. The molecule has 0 radical (unpaired) electrons. The van der Waals surface area contributed by atoms with Gasteiger partial charge >= 0.3 is 0 Å². The van der Waals surface area contributed by atoms with Gasteiger partial charge in [0.25, 0.3) is 0 Å². The zero-order valence-electron chi connectivity index (χ0n) is 7.85. The van der Waals surface area contributed by atoms with Gasteiger partial charge in [-0.25, -0.2) is 4.68 Å². The molecule has 5 nitrogen and oxygen atoms in total. The summed E-state index contributed by atoms with van der Waals surface area (Å²) in [5.41, 5.74) is 0. The molecule has 1 aliphatic heterocycles. The van der Waals surface area contributed by atoms with Crippen molar-refractivity contribution in [1.82, 2.24) is 25.1 Å². The predicted octanol–water partition coefficient (Wildman–Crippen LogP) is 0.384. The van der Waals surface area contributed by atoms with E-state index in [1.165, 1.54) is 24.6 Å². The maximum Gasteiger partial charge on any atom is 0.238 e. The molecule has 14 heavy (non-hydrogen) atoms. The highest BCUT2D eigenvalue weighted by atomic mass is 32.2. The number of H-pyrrole nitrogens is 1. The van der Waals surface area contributed by atoms with Gasteiger partial charge in [-0.1, -0.05) is 10.3 Å². The van der Waals surface area contributed by atoms with Crippen molar-refractivity contribution in [3.63, 3.8) is 0 Å². The van der Waals surface area contributed by atoms with Crippen LogP contribution < -0.4 is 0 Å². The monoisotopic (exact) mass is 231 g/mol. The van der Waals surface area contributed by atoms with Gasteiger partial charge in [-0.05, 0) is 12.2 Å². The average molecular weight is 231 g/mol. The number of nitrogens with one attached hydrogen (secondary N) is 1. The molecule has 0 atom stereocenters. The summed E-state index contributed by atoms with van der Waals surface area (Å²) < 4.78 is 2.34. The van der Waals surface area contributed by atoms with Crippen molar-refractivity contribution in [3.05, 3.63) is 4.77 Å². The van der Waals surface area contributed by atoms with Crippen LogP contribution in [0.4, 0.5) is 0 Å². The first kappa shape index (κ1) is 10.1. The van der Waals surface area contributed by atoms with Crippen molar-refractivity contribution >= 4 is 24.0 Å². The summed E-state index contributed by atoms with van der Waals surface area (Å²) in [6, 6.07) is 0. The molecule has 1 aromatic heterocycles. The minimum Gasteiger partial charge on any atom is -0.300 e. The molecule has 1 saturated heterocycles. The summed E-state index contributed by atoms with van der Waals surface area (Å²) in [5.74, 6) is 2.49. The Kier molecular flexibility index (Phi) is 3.55. The second kappa shape index (κ2) is 4.90. The van der Waals surface area contributed by atoms with Crippen LogP contribution in [-0.4, -0.2) is 56.2 Å². The molecular formula is C7H13N5S2. The Balaban J connectivity index is 1.82. The molecule has 1 aromatic rings. The van der Waals surface area contributed by atoms with Crippen molar-refractivity contribution in [1.29, 1.82) is 0 Å². The zero-order valence-corrected chi connectivity index (χ0v) is 9.48. The number of aromatic nitrogens is 4. The van der Waals surface area contributed by atoms with E-state index in [0.29, 0.717) is 4.77 Å². The lowest BCUT2D eigenvalue weighted by atomic mass is 10.4. The molecular weight excluding hydrogens is 218 g/mol. The van der Waals surface area contributed by atoms with E-state index in [1.54, 1.807) is 4.68 Å². The number of aromatic amines is 1. The van der Waals surface area contributed by atoms with E-state index >= 15 is 0 Å². The van der Waals surface area contributed by atoms with Gasteiger partial charge in [0, 0.05) is 31.1 Å². The van der Waals surface area contributed by atoms with E-state index < -0.39 is 0 Å². The predicted molar refractivity (Wildman–Crippen MR) is 59.0 cm³/mol. The molecule has 0 aromatic carbocycles. The standard InChI is InChI=1S/C7H13N5S2/c13-7-8-9-10-12(7)2-1-11-3-5-14-6-4-11/h1-6H2,(H,8,10,13). The lowest BCUT2D eigenvalue weighted by Gasteiger charge is -2.25. The molecule has 78 valence electrons. The SMILES string of the molecule is S=c1nn[nH]n1CCN1CCSCC1. The fraction of sp³-hybridized carbons (Fsp3) is 0.857. The van der Waals surface area contributed by atoms with E-state index in [9.17, 15) is 0 Å². The highest BCUT2D eigenvalue weighted by Gasteiger charge is 2.09. The summed E-state index contributed by atoms with van der Waals surface area (Å²) in [7, 11) is 0. The number of tetrazole rings is 1. The maximum absolute atomic E-state index is 4.99. The molecule has 1 aliphatic rings. The van der Waals surface area contributed by atoms with Crippen molar-refractivity contribution in [3.8, 4) is 0 Å². The van der Waals surface area contributed by atoms with Crippen LogP contribution in [0, 0.1) is 4.77 Å². The van der Waals surface area contributed by atoms with E-state index in [4.69, 9.17) is 12.2 Å². The molecule has 2 rings (SSSR count). The average Bonchev–Trinajstić information content (AvgIpc) is 2.63. The minimum atomic E-state index is 0.538. The highest BCUT2D eigenvalue weighted by molar-refractivity contribution is 7.99. The summed E-state index contributed by atoms with van der Waals surface area (Å²) in [6.07, 6.45) is 0. The third kappa shape index (κ3) is 2.55. The maximum atomic E-state index is 4.99. The summed E-state index contributed by atoms with van der Waals surface area (Å²) in [5, 5.41) is 10.1. The van der Waals surface area contributed by atoms with Gasteiger partial charge in [-0.3, -0.25) is 4.90 Å².